The van der Waals surface area contributed by atoms with Crippen molar-refractivity contribution in [3.05, 3.63) is 35.9 Å². The topological polar surface area (TPSA) is 47.7 Å². The normalized spacial score (nSPS) is 10.7. The lowest BCUT2D eigenvalue weighted by Crippen LogP contribution is -2.15. The average molecular weight is 278 g/mol. The van der Waals surface area contributed by atoms with E-state index in [0.29, 0.717) is 23.5 Å². The SMILES string of the molecule is Cl.Cn1nccc1CNCc1ccn(C(F)F)n1. The lowest BCUT2D eigenvalue weighted by molar-refractivity contribution is 0.0561. The van der Waals surface area contributed by atoms with Crippen molar-refractivity contribution < 1.29 is 8.78 Å². The summed E-state index contributed by atoms with van der Waals surface area (Å²) in [5.41, 5.74) is 1.62. The maximum Gasteiger partial charge on any atom is 0.333 e. The molecule has 0 aromatic carbocycles. The van der Waals surface area contributed by atoms with Gasteiger partial charge in [-0.05, 0) is 12.1 Å². The summed E-state index contributed by atoms with van der Waals surface area (Å²) in [5.74, 6) is 0. The molecular formula is C10H14ClF2N5. The molecule has 1 N–H and O–H groups in total. The molecule has 2 aromatic heterocycles. The van der Waals surface area contributed by atoms with Crippen LogP contribution in [0.4, 0.5) is 8.78 Å². The van der Waals surface area contributed by atoms with Crippen LogP contribution in [-0.2, 0) is 20.1 Å². The minimum absolute atomic E-state index is 0. The van der Waals surface area contributed by atoms with Crippen LogP contribution in [0.1, 0.15) is 17.9 Å². The van der Waals surface area contributed by atoms with E-state index in [9.17, 15) is 8.78 Å². The van der Waals surface area contributed by atoms with Gasteiger partial charge in [-0.15, -0.1) is 12.4 Å². The zero-order valence-electron chi connectivity index (χ0n) is 9.75. The Hall–Kier alpha value is -1.47. The molecule has 0 atom stereocenters. The third kappa shape index (κ3) is 3.51. The van der Waals surface area contributed by atoms with Crippen LogP contribution in [0.25, 0.3) is 0 Å². The minimum atomic E-state index is -2.58. The van der Waals surface area contributed by atoms with Crippen molar-refractivity contribution in [3.8, 4) is 0 Å². The number of nitrogens with zero attached hydrogens (tertiary/aromatic N) is 4. The number of aromatic nitrogens is 4. The highest BCUT2D eigenvalue weighted by molar-refractivity contribution is 5.85. The zero-order chi connectivity index (χ0) is 12.3. The van der Waals surface area contributed by atoms with Gasteiger partial charge >= 0.3 is 6.55 Å². The van der Waals surface area contributed by atoms with Gasteiger partial charge in [-0.2, -0.15) is 19.0 Å². The molecule has 8 heteroatoms. The van der Waals surface area contributed by atoms with Gasteiger partial charge in [-0.25, -0.2) is 4.68 Å². The summed E-state index contributed by atoms with van der Waals surface area (Å²) in [6.45, 7) is -1.51. The van der Waals surface area contributed by atoms with E-state index in [-0.39, 0.29) is 12.4 Å². The summed E-state index contributed by atoms with van der Waals surface area (Å²) in [6, 6.07) is 3.47. The summed E-state index contributed by atoms with van der Waals surface area (Å²) >= 11 is 0. The molecule has 0 spiro atoms. The lowest BCUT2D eigenvalue weighted by atomic mass is 10.4. The minimum Gasteiger partial charge on any atom is -0.305 e. The van der Waals surface area contributed by atoms with Crippen molar-refractivity contribution in [1.29, 1.82) is 0 Å². The Bertz CT molecular complexity index is 482. The number of aryl methyl sites for hydroxylation is 1. The first kappa shape index (κ1) is 14.6. The molecule has 0 saturated carbocycles. The van der Waals surface area contributed by atoms with Crippen molar-refractivity contribution in [2.75, 3.05) is 0 Å². The molecule has 2 rings (SSSR count). The van der Waals surface area contributed by atoms with Crippen LogP contribution in [0.15, 0.2) is 24.5 Å². The Balaban J connectivity index is 0.00000162. The Labute approximate surface area is 109 Å². The van der Waals surface area contributed by atoms with E-state index < -0.39 is 6.55 Å². The van der Waals surface area contributed by atoms with Gasteiger partial charge in [0, 0.05) is 32.5 Å². The van der Waals surface area contributed by atoms with E-state index in [1.807, 2.05) is 13.1 Å². The van der Waals surface area contributed by atoms with Gasteiger partial charge in [0.25, 0.3) is 0 Å². The van der Waals surface area contributed by atoms with E-state index >= 15 is 0 Å². The molecule has 0 aliphatic heterocycles. The number of rotatable bonds is 5. The second kappa shape index (κ2) is 6.46. The van der Waals surface area contributed by atoms with Crippen LogP contribution in [0.5, 0.6) is 0 Å². The molecule has 0 radical (unpaired) electrons. The molecule has 0 saturated heterocycles. The maximum absolute atomic E-state index is 12.2. The van der Waals surface area contributed by atoms with Gasteiger partial charge in [0.2, 0.25) is 0 Å². The smallest absolute Gasteiger partial charge is 0.305 e. The predicted molar refractivity (Wildman–Crippen MR) is 64.5 cm³/mol. The summed E-state index contributed by atoms with van der Waals surface area (Å²) in [7, 11) is 1.85. The van der Waals surface area contributed by atoms with Crippen molar-refractivity contribution in [3.63, 3.8) is 0 Å². The molecule has 18 heavy (non-hydrogen) atoms. The fraction of sp³-hybridized carbons (Fsp3) is 0.400. The standard InChI is InChI=1S/C10H13F2N5.ClH/c1-16-9(2-4-14-16)7-13-6-8-3-5-17(15-8)10(11)12;/h2-5,10,13H,6-7H2,1H3;1H. The molecule has 0 aliphatic carbocycles. The molecule has 0 fully saturated rings. The molecular weight excluding hydrogens is 264 g/mol. The second-order valence-corrected chi connectivity index (χ2v) is 3.61. The van der Waals surface area contributed by atoms with Crippen LogP contribution in [0.2, 0.25) is 0 Å². The van der Waals surface area contributed by atoms with E-state index in [0.717, 1.165) is 5.69 Å². The average Bonchev–Trinajstić information content (AvgIpc) is 2.89. The highest BCUT2D eigenvalue weighted by atomic mass is 35.5. The van der Waals surface area contributed by atoms with E-state index in [2.05, 4.69) is 15.5 Å². The van der Waals surface area contributed by atoms with E-state index in [1.165, 1.54) is 6.20 Å². The molecule has 2 heterocycles. The number of hydrogen-bond acceptors (Lipinski definition) is 3. The van der Waals surface area contributed by atoms with Crippen molar-refractivity contribution in [2.24, 2.45) is 7.05 Å². The monoisotopic (exact) mass is 277 g/mol. The summed E-state index contributed by atoms with van der Waals surface area (Å²) < 4.78 is 26.9. The fourth-order valence-electron chi connectivity index (χ4n) is 1.47. The molecule has 2 aromatic rings. The summed E-state index contributed by atoms with van der Waals surface area (Å²) in [5, 5.41) is 10.9. The molecule has 0 aliphatic rings. The van der Waals surface area contributed by atoms with Crippen LogP contribution < -0.4 is 5.32 Å². The molecule has 5 nitrogen and oxygen atoms in total. The summed E-state index contributed by atoms with van der Waals surface area (Å²) in [6.07, 6.45) is 2.98. The Kier molecular flexibility index (Phi) is 5.24. The molecule has 0 unspecified atom stereocenters. The molecule has 100 valence electrons. The third-order valence-electron chi connectivity index (χ3n) is 2.40. The van der Waals surface area contributed by atoms with Crippen molar-refractivity contribution in [2.45, 2.75) is 19.6 Å². The summed E-state index contributed by atoms with van der Waals surface area (Å²) in [4.78, 5) is 0. The van der Waals surface area contributed by atoms with Crippen LogP contribution in [-0.4, -0.2) is 19.6 Å². The van der Waals surface area contributed by atoms with Crippen LogP contribution >= 0.6 is 12.4 Å². The quantitative estimate of drug-likeness (QED) is 0.905. The van der Waals surface area contributed by atoms with Gasteiger partial charge in [-0.3, -0.25) is 4.68 Å². The van der Waals surface area contributed by atoms with Gasteiger partial charge in [-0.1, -0.05) is 0 Å². The molecule has 0 bridgehead atoms. The largest absolute Gasteiger partial charge is 0.333 e. The highest BCUT2D eigenvalue weighted by Crippen LogP contribution is 2.08. The first-order chi connectivity index (χ1) is 8.16. The third-order valence-corrected chi connectivity index (χ3v) is 2.40. The Morgan fingerprint density at radius 3 is 2.67 bits per heavy atom. The number of hydrogen-bond donors (Lipinski definition) is 1. The zero-order valence-corrected chi connectivity index (χ0v) is 10.6. The highest BCUT2D eigenvalue weighted by Gasteiger charge is 2.07. The first-order valence-corrected chi connectivity index (χ1v) is 5.16. The van der Waals surface area contributed by atoms with E-state index in [1.54, 1.807) is 16.9 Å². The molecule has 0 amide bonds. The fourth-order valence-corrected chi connectivity index (χ4v) is 1.47. The van der Waals surface area contributed by atoms with Crippen LogP contribution in [0, 0.1) is 0 Å². The van der Waals surface area contributed by atoms with Gasteiger partial charge in [0.15, 0.2) is 0 Å². The lowest BCUT2D eigenvalue weighted by Gasteiger charge is -2.03. The van der Waals surface area contributed by atoms with E-state index in [4.69, 9.17) is 0 Å². The number of alkyl halides is 2. The second-order valence-electron chi connectivity index (χ2n) is 3.61. The van der Waals surface area contributed by atoms with Crippen LogP contribution in [0.3, 0.4) is 0 Å². The van der Waals surface area contributed by atoms with Gasteiger partial charge in [0.1, 0.15) is 0 Å². The predicted octanol–water partition coefficient (Wildman–Crippen LogP) is 1.72. The van der Waals surface area contributed by atoms with Gasteiger partial charge < -0.3 is 5.32 Å². The maximum atomic E-state index is 12.2. The first-order valence-electron chi connectivity index (χ1n) is 5.16. The van der Waals surface area contributed by atoms with Gasteiger partial charge in [0.05, 0.1) is 11.4 Å². The number of halogens is 3. The Morgan fingerprint density at radius 1 is 1.33 bits per heavy atom. The van der Waals surface area contributed by atoms with Crippen molar-refractivity contribution in [1.82, 2.24) is 24.9 Å². The van der Waals surface area contributed by atoms with Crippen molar-refractivity contribution >= 4 is 12.4 Å². The number of nitrogens with one attached hydrogen (secondary N) is 1. The Morgan fingerprint density at radius 2 is 2.11 bits per heavy atom.